The maximum atomic E-state index is 10.6. The molecule has 0 fully saturated rings. The summed E-state index contributed by atoms with van der Waals surface area (Å²) in [4.78, 5) is 10.3. The van der Waals surface area contributed by atoms with Gasteiger partial charge >= 0.3 is 0 Å². The van der Waals surface area contributed by atoms with Crippen LogP contribution in [0.25, 0.3) is 0 Å². The average molecular weight is 492 g/mol. The molecule has 0 aliphatic carbocycles. The van der Waals surface area contributed by atoms with Crippen molar-refractivity contribution in [1.29, 1.82) is 0 Å². The Morgan fingerprint density at radius 2 is 2.12 bits per heavy atom. The molecule has 2 heterocycles. The molecule has 1 unspecified atom stereocenters. The van der Waals surface area contributed by atoms with Crippen LogP contribution in [0.1, 0.15) is 35.0 Å². The van der Waals surface area contributed by atoms with Gasteiger partial charge in [-0.1, -0.05) is 0 Å². The quantitative estimate of drug-likeness (QED) is 0.313. The summed E-state index contributed by atoms with van der Waals surface area (Å²) in [7, 11) is 1.83. The Morgan fingerprint density at radius 1 is 1.38 bits per heavy atom. The number of aliphatic imine (C=N–C) groups is 1. The molecule has 7 nitrogen and oxygen atoms in total. The van der Waals surface area contributed by atoms with Crippen LogP contribution in [0.15, 0.2) is 17.4 Å². The number of halogens is 1. The first-order valence-corrected chi connectivity index (χ1v) is 9.30. The minimum atomic E-state index is -1.05. The predicted octanol–water partition coefficient (Wildman–Crippen LogP) is 2.12. The van der Waals surface area contributed by atoms with E-state index >= 15 is 0 Å². The van der Waals surface area contributed by atoms with E-state index in [1.165, 1.54) is 4.88 Å². The van der Waals surface area contributed by atoms with E-state index in [0.29, 0.717) is 5.96 Å². The van der Waals surface area contributed by atoms with E-state index in [1.807, 2.05) is 34.0 Å². The molecule has 1 atom stereocenters. The highest BCUT2D eigenvalue weighted by atomic mass is 127. The lowest BCUT2D eigenvalue weighted by Gasteiger charge is -2.20. The Hall–Kier alpha value is -1.20. The second-order valence-electron chi connectivity index (χ2n) is 6.29. The largest absolute Gasteiger partial charge is 0.383 e. The predicted molar refractivity (Wildman–Crippen MR) is 117 cm³/mol. The minimum Gasteiger partial charge on any atom is -0.383 e. The molecule has 146 valence electrons. The van der Waals surface area contributed by atoms with Crippen molar-refractivity contribution in [3.05, 3.63) is 33.5 Å². The van der Waals surface area contributed by atoms with Crippen LogP contribution in [0.2, 0.25) is 0 Å². The maximum absolute atomic E-state index is 10.6. The lowest BCUT2D eigenvalue weighted by Crippen LogP contribution is -2.39. The molecule has 2 aromatic heterocycles. The van der Waals surface area contributed by atoms with Gasteiger partial charge in [0.15, 0.2) is 5.96 Å². The summed E-state index contributed by atoms with van der Waals surface area (Å²) in [6.45, 7) is 9.63. The highest BCUT2D eigenvalue weighted by Gasteiger charge is 2.24. The monoisotopic (exact) mass is 492 g/mol. The van der Waals surface area contributed by atoms with Crippen LogP contribution < -0.4 is 10.6 Å². The number of aryl methyl sites for hydroxylation is 3. The third-order valence-electron chi connectivity index (χ3n) is 3.86. The molecule has 0 radical (unpaired) electrons. The van der Waals surface area contributed by atoms with Crippen molar-refractivity contribution in [2.24, 2.45) is 12.0 Å². The van der Waals surface area contributed by atoms with Gasteiger partial charge in [-0.15, -0.1) is 35.3 Å². The summed E-state index contributed by atoms with van der Waals surface area (Å²) in [6.07, 6.45) is 4.39. The van der Waals surface area contributed by atoms with Crippen molar-refractivity contribution in [3.8, 4) is 0 Å². The van der Waals surface area contributed by atoms with Crippen LogP contribution in [-0.2, 0) is 19.1 Å². The molecule has 3 N–H and O–H groups in total. The van der Waals surface area contributed by atoms with Crippen LogP contribution in [0, 0.1) is 13.8 Å². The topological polar surface area (TPSA) is 87.4 Å². The van der Waals surface area contributed by atoms with Crippen LogP contribution in [0.4, 0.5) is 0 Å². The van der Waals surface area contributed by atoms with Gasteiger partial charge in [0.2, 0.25) is 0 Å². The standard InChI is InChI=1S/C17H28N6OS.HI/c1-6-18-16(19-8-7-15-12(2)22-13(3)25-15)20-11-17(4,24)14-9-21-23(5)10-14;/h9-10,24H,6-8,11H2,1-5H3,(H2,18,19,20);1H. The number of hydrogen-bond acceptors (Lipinski definition) is 5. The average Bonchev–Trinajstić information content (AvgIpc) is 3.11. The first kappa shape index (κ1) is 22.8. The van der Waals surface area contributed by atoms with E-state index in [2.05, 4.69) is 25.7 Å². The van der Waals surface area contributed by atoms with Crippen molar-refractivity contribution < 1.29 is 5.11 Å². The minimum absolute atomic E-state index is 0. The van der Waals surface area contributed by atoms with Crippen LogP contribution in [0.3, 0.4) is 0 Å². The zero-order valence-electron chi connectivity index (χ0n) is 16.0. The molecule has 0 aromatic carbocycles. The van der Waals surface area contributed by atoms with Gasteiger partial charge in [0.05, 0.1) is 23.4 Å². The smallest absolute Gasteiger partial charge is 0.191 e. The number of hydrogen-bond donors (Lipinski definition) is 3. The molecule has 0 bridgehead atoms. The highest BCUT2D eigenvalue weighted by Crippen LogP contribution is 2.20. The third kappa shape index (κ3) is 6.51. The fraction of sp³-hybridized carbons (Fsp3) is 0.588. The van der Waals surface area contributed by atoms with Crippen LogP contribution in [0.5, 0.6) is 0 Å². The Morgan fingerprint density at radius 3 is 2.65 bits per heavy atom. The van der Waals surface area contributed by atoms with Gasteiger partial charge in [0.1, 0.15) is 5.60 Å². The number of nitrogens with one attached hydrogen (secondary N) is 2. The van der Waals surface area contributed by atoms with Gasteiger partial charge < -0.3 is 15.7 Å². The van der Waals surface area contributed by atoms with Gasteiger partial charge in [-0.3, -0.25) is 4.68 Å². The molecule has 0 spiro atoms. The molecule has 0 saturated carbocycles. The first-order chi connectivity index (χ1) is 11.8. The molecule has 9 heteroatoms. The van der Waals surface area contributed by atoms with Crippen molar-refractivity contribution in [1.82, 2.24) is 25.4 Å². The van der Waals surface area contributed by atoms with Gasteiger partial charge in [-0.25, -0.2) is 9.98 Å². The van der Waals surface area contributed by atoms with Crippen molar-refractivity contribution in [2.45, 2.75) is 39.7 Å². The van der Waals surface area contributed by atoms with Gasteiger partial charge in [-0.2, -0.15) is 5.10 Å². The normalized spacial score (nSPS) is 13.8. The van der Waals surface area contributed by atoms with Crippen molar-refractivity contribution in [2.75, 3.05) is 19.6 Å². The zero-order valence-corrected chi connectivity index (χ0v) is 19.2. The first-order valence-electron chi connectivity index (χ1n) is 8.48. The lowest BCUT2D eigenvalue weighted by molar-refractivity contribution is 0.0672. The lowest BCUT2D eigenvalue weighted by atomic mass is 10.0. The number of nitrogens with zero attached hydrogens (tertiary/aromatic N) is 4. The molecular weight excluding hydrogens is 463 g/mol. The second-order valence-corrected chi connectivity index (χ2v) is 7.58. The Bertz CT molecular complexity index is 725. The van der Waals surface area contributed by atoms with Gasteiger partial charge in [0, 0.05) is 43.2 Å². The number of aliphatic hydroxyl groups is 1. The fourth-order valence-corrected chi connectivity index (χ4v) is 3.40. The van der Waals surface area contributed by atoms with E-state index in [4.69, 9.17) is 0 Å². The molecule has 2 rings (SSSR count). The summed E-state index contributed by atoms with van der Waals surface area (Å²) in [5.41, 5.74) is 0.804. The number of aromatic nitrogens is 3. The number of rotatable bonds is 7. The maximum Gasteiger partial charge on any atom is 0.191 e. The Kier molecular flexibility index (Phi) is 8.97. The third-order valence-corrected chi connectivity index (χ3v) is 4.99. The Balaban J connectivity index is 0.00000338. The molecule has 0 aliphatic heterocycles. The number of guanidine groups is 1. The molecule has 0 aliphatic rings. The van der Waals surface area contributed by atoms with E-state index in [1.54, 1.807) is 29.1 Å². The molecular formula is C17H29IN6OS. The van der Waals surface area contributed by atoms with E-state index < -0.39 is 5.60 Å². The molecule has 0 saturated heterocycles. The number of thiazole rings is 1. The summed E-state index contributed by atoms with van der Waals surface area (Å²) in [5, 5.41) is 22.4. The summed E-state index contributed by atoms with van der Waals surface area (Å²) in [5.74, 6) is 0.700. The SMILES string of the molecule is CCNC(=NCC(C)(O)c1cnn(C)c1)NCCc1sc(C)nc1C.I. The summed E-state index contributed by atoms with van der Waals surface area (Å²) >= 11 is 1.74. The van der Waals surface area contributed by atoms with Crippen LogP contribution in [-0.4, -0.2) is 45.5 Å². The molecule has 2 aromatic rings. The fourth-order valence-electron chi connectivity index (χ4n) is 2.47. The molecule has 26 heavy (non-hydrogen) atoms. The van der Waals surface area contributed by atoms with Crippen molar-refractivity contribution >= 4 is 41.3 Å². The Labute approximate surface area is 176 Å². The molecule has 0 amide bonds. The van der Waals surface area contributed by atoms with Gasteiger partial charge in [0.25, 0.3) is 0 Å². The zero-order chi connectivity index (χ0) is 18.4. The second kappa shape index (κ2) is 10.2. The van der Waals surface area contributed by atoms with E-state index in [9.17, 15) is 5.11 Å². The van der Waals surface area contributed by atoms with Gasteiger partial charge in [-0.05, 0) is 27.7 Å². The summed E-state index contributed by atoms with van der Waals surface area (Å²) < 4.78 is 1.68. The summed E-state index contributed by atoms with van der Waals surface area (Å²) in [6, 6.07) is 0. The highest BCUT2D eigenvalue weighted by molar-refractivity contribution is 14.0. The van der Waals surface area contributed by atoms with E-state index in [0.717, 1.165) is 35.8 Å². The van der Waals surface area contributed by atoms with E-state index in [-0.39, 0.29) is 30.5 Å². The van der Waals surface area contributed by atoms with Crippen molar-refractivity contribution in [3.63, 3.8) is 0 Å². The van der Waals surface area contributed by atoms with Crippen LogP contribution >= 0.6 is 35.3 Å².